The van der Waals surface area contributed by atoms with Gasteiger partial charge in [-0.2, -0.15) is 0 Å². The zero-order chi connectivity index (χ0) is 16.8. The van der Waals surface area contributed by atoms with Crippen LogP contribution in [0, 0.1) is 0 Å². The zero-order valence-electron chi connectivity index (χ0n) is 13.5. The van der Waals surface area contributed by atoms with Crippen molar-refractivity contribution in [2.75, 3.05) is 0 Å². The molecule has 2 aromatic heterocycles. The van der Waals surface area contributed by atoms with Crippen LogP contribution in [0.4, 0.5) is 0 Å². The number of nitrogens with one attached hydrogen (secondary N) is 1. The number of H-pyrrole nitrogens is 1. The molecule has 0 unspecified atom stereocenters. The molecule has 2 heterocycles. The van der Waals surface area contributed by atoms with Crippen LogP contribution in [0.3, 0.4) is 0 Å². The van der Waals surface area contributed by atoms with Gasteiger partial charge in [-0.3, -0.25) is 0 Å². The summed E-state index contributed by atoms with van der Waals surface area (Å²) < 4.78 is 0. The minimum atomic E-state index is -0.0734. The van der Waals surface area contributed by atoms with E-state index in [9.17, 15) is 5.11 Å². The van der Waals surface area contributed by atoms with Gasteiger partial charge in [0.25, 0.3) is 0 Å². The maximum atomic E-state index is 9.68. The number of rotatable bonds is 2. The van der Waals surface area contributed by atoms with E-state index in [4.69, 9.17) is 4.98 Å². The number of pyridine rings is 1. The Labute approximate surface area is 144 Å². The van der Waals surface area contributed by atoms with Gasteiger partial charge in [-0.25, -0.2) is 4.98 Å². The number of hydrogen-bond donors (Lipinski definition) is 2. The summed E-state index contributed by atoms with van der Waals surface area (Å²) in [6.07, 6.45) is 0. The summed E-state index contributed by atoms with van der Waals surface area (Å²) >= 11 is 0. The highest BCUT2D eigenvalue weighted by Gasteiger charge is 2.13. The van der Waals surface area contributed by atoms with Crippen molar-refractivity contribution in [1.82, 2.24) is 9.97 Å². The van der Waals surface area contributed by atoms with E-state index in [1.807, 2.05) is 30.3 Å². The number of aromatic nitrogens is 2. The van der Waals surface area contributed by atoms with E-state index in [1.165, 1.54) is 10.8 Å². The van der Waals surface area contributed by atoms with Crippen molar-refractivity contribution in [2.45, 2.75) is 6.61 Å². The average molecular weight is 324 g/mol. The van der Waals surface area contributed by atoms with Crippen molar-refractivity contribution in [1.29, 1.82) is 0 Å². The van der Waals surface area contributed by atoms with Gasteiger partial charge >= 0.3 is 0 Å². The molecule has 5 aromatic rings. The maximum Gasteiger partial charge on any atom is 0.0947 e. The Bertz CT molecular complexity index is 1240. The Kier molecular flexibility index (Phi) is 3.08. The molecule has 120 valence electrons. The molecule has 0 aliphatic heterocycles. The number of nitrogens with zero attached hydrogens (tertiary/aromatic N) is 1. The van der Waals surface area contributed by atoms with Crippen LogP contribution in [0.25, 0.3) is 43.8 Å². The summed E-state index contributed by atoms with van der Waals surface area (Å²) in [5, 5.41) is 14.3. The fourth-order valence-corrected chi connectivity index (χ4v) is 3.53. The molecule has 0 saturated heterocycles. The Hall–Kier alpha value is -3.17. The number of aromatic amines is 1. The first-order valence-corrected chi connectivity index (χ1v) is 8.34. The zero-order valence-corrected chi connectivity index (χ0v) is 13.5. The van der Waals surface area contributed by atoms with Crippen LogP contribution in [0.5, 0.6) is 0 Å². The Morgan fingerprint density at radius 2 is 1.60 bits per heavy atom. The maximum absolute atomic E-state index is 9.68. The van der Waals surface area contributed by atoms with E-state index in [2.05, 4.69) is 47.4 Å². The van der Waals surface area contributed by atoms with Crippen molar-refractivity contribution in [3.8, 4) is 11.3 Å². The number of fused-ring (bicyclic) bond motifs is 4. The van der Waals surface area contributed by atoms with Crippen molar-refractivity contribution in [3.05, 3.63) is 78.5 Å². The fourth-order valence-electron chi connectivity index (χ4n) is 3.53. The SMILES string of the molecule is OCc1cc2c([nH]c3ccccc32)c(-c2ccc3ccccc3c2)n1. The number of hydrogen-bond acceptors (Lipinski definition) is 2. The summed E-state index contributed by atoms with van der Waals surface area (Å²) in [6.45, 7) is -0.0734. The third kappa shape index (κ3) is 2.21. The first-order valence-electron chi connectivity index (χ1n) is 8.34. The molecule has 2 N–H and O–H groups in total. The molecule has 3 aromatic carbocycles. The minimum Gasteiger partial charge on any atom is -0.390 e. The predicted octanol–water partition coefficient (Wildman–Crippen LogP) is 5.03. The molecule has 25 heavy (non-hydrogen) atoms. The van der Waals surface area contributed by atoms with Crippen LogP contribution in [-0.2, 0) is 6.61 Å². The van der Waals surface area contributed by atoms with Gasteiger partial charge in [0, 0.05) is 21.9 Å². The molecule has 0 bridgehead atoms. The van der Waals surface area contributed by atoms with Crippen LogP contribution in [0.15, 0.2) is 72.8 Å². The van der Waals surface area contributed by atoms with E-state index in [1.54, 1.807) is 0 Å². The lowest BCUT2D eigenvalue weighted by molar-refractivity contribution is 0.277. The summed E-state index contributed by atoms with van der Waals surface area (Å²) in [7, 11) is 0. The van der Waals surface area contributed by atoms with Gasteiger partial charge in [-0.1, -0.05) is 54.6 Å². The molecule has 0 aliphatic carbocycles. The molecule has 3 heteroatoms. The lowest BCUT2D eigenvalue weighted by Crippen LogP contribution is -1.93. The van der Waals surface area contributed by atoms with Crippen molar-refractivity contribution < 1.29 is 5.11 Å². The monoisotopic (exact) mass is 324 g/mol. The Balaban J connectivity index is 1.86. The molecule has 0 aliphatic rings. The molecule has 3 nitrogen and oxygen atoms in total. The molecule has 0 atom stereocenters. The van der Waals surface area contributed by atoms with E-state index in [0.717, 1.165) is 33.1 Å². The van der Waals surface area contributed by atoms with Gasteiger partial charge in [-0.05, 0) is 29.0 Å². The highest BCUT2D eigenvalue weighted by atomic mass is 16.3. The number of aliphatic hydroxyl groups is 1. The minimum absolute atomic E-state index is 0.0734. The van der Waals surface area contributed by atoms with E-state index < -0.39 is 0 Å². The number of para-hydroxylation sites is 1. The predicted molar refractivity (Wildman–Crippen MR) is 102 cm³/mol. The molecular weight excluding hydrogens is 308 g/mol. The third-order valence-corrected chi connectivity index (χ3v) is 4.73. The van der Waals surface area contributed by atoms with Crippen LogP contribution in [0.1, 0.15) is 5.69 Å². The molecular formula is C22H16N2O. The first-order chi connectivity index (χ1) is 12.3. The quantitative estimate of drug-likeness (QED) is 0.478. The second-order valence-electron chi connectivity index (χ2n) is 6.28. The number of benzene rings is 3. The molecule has 0 saturated carbocycles. The lowest BCUT2D eigenvalue weighted by atomic mass is 10.0. The van der Waals surface area contributed by atoms with Crippen LogP contribution in [-0.4, -0.2) is 15.1 Å². The highest BCUT2D eigenvalue weighted by molar-refractivity contribution is 6.11. The molecule has 0 amide bonds. The average Bonchev–Trinajstić information content (AvgIpc) is 3.05. The smallest absolute Gasteiger partial charge is 0.0947 e. The second-order valence-corrected chi connectivity index (χ2v) is 6.28. The number of aliphatic hydroxyl groups excluding tert-OH is 1. The summed E-state index contributed by atoms with van der Waals surface area (Å²) in [5.41, 5.74) is 4.69. The standard InChI is InChI=1S/C22H16N2O/c25-13-17-12-19-18-7-3-4-8-20(18)24-22(19)21(23-17)16-10-9-14-5-1-2-6-15(14)11-16/h1-12,24-25H,13H2. The normalized spacial score (nSPS) is 11.6. The van der Waals surface area contributed by atoms with Crippen molar-refractivity contribution >= 4 is 32.6 Å². The molecule has 0 radical (unpaired) electrons. The summed E-state index contributed by atoms with van der Waals surface area (Å²) in [5.74, 6) is 0. The highest BCUT2D eigenvalue weighted by Crippen LogP contribution is 2.33. The lowest BCUT2D eigenvalue weighted by Gasteiger charge is -2.07. The Morgan fingerprint density at radius 1 is 0.800 bits per heavy atom. The van der Waals surface area contributed by atoms with Crippen LogP contribution >= 0.6 is 0 Å². The van der Waals surface area contributed by atoms with Gasteiger partial charge < -0.3 is 10.1 Å². The van der Waals surface area contributed by atoms with Gasteiger partial charge in [0.05, 0.1) is 23.5 Å². The molecule has 5 rings (SSSR count). The van der Waals surface area contributed by atoms with Gasteiger partial charge in [-0.15, -0.1) is 0 Å². The van der Waals surface area contributed by atoms with Gasteiger partial charge in [0.1, 0.15) is 0 Å². The Morgan fingerprint density at radius 3 is 2.48 bits per heavy atom. The van der Waals surface area contributed by atoms with Crippen LogP contribution < -0.4 is 0 Å². The second kappa shape index (κ2) is 5.43. The summed E-state index contributed by atoms with van der Waals surface area (Å²) in [6, 6.07) is 24.9. The molecule has 0 fully saturated rings. The van der Waals surface area contributed by atoms with E-state index in [-0.39, 0.29) is 6.61 Å². The van der Waals surface area contributed by atoms with Crippen molar-refractivity contribution in [2.24, 2.45) is 0 Å². The van der Waals surface area contributed by atoms with E-state index >= 15 is 0 Å². The van der Waals surface area contributed by atoms with Gasteiger partial charge in [0.2, 0.25) is 0 Å². The van der Waals surface area contributed by atoms with Crippen LogP contribution in [0.2, 0.25) is 0 Å². The van der Waals surface area contributed by atoms with Gasteiger partial charge in [0.15, 0.2) is 0 Å². The molecule has 0 spiro atoms. The summed E-state index contributed by atoms with van der Waals surface area (Å²) in [4.78, 5) is 8.21. The topological polar surface area (TPSA) is 48.9 Å². The fraction of sp³-hybridized carbons (Fsp3) is 0.0455. The largest absolute Gasteiger partial charge is 0.390 e. The first kappa shape index (κ1) is 14.2. The van der Waals surface area contributed by atoms with Crippen molar-refractivity contribution in [3.63, 3.8) is 0 Å². The third-order valence-electron chi connectivity index (χ3n) is 4.73. The van der Waals surface area contributed by atoms with E-state index in [0.29, 0.717) is 5.69 Å².